The number of hydrogen-bond acceptors (Lipinski definition) is 4. The number of benzene rings is 2. The Morgan fingerprint density at radius 1 is 1.10 bits per heavy atom. The molecule has 0 aliphatic rings. The maximum absolute atomic E-state index is 12.7. The number of hydrogen-bond donors (Lipinski definition) is 2. The van der Waals surface area contributed by atoms with Crippen LogP contribution in [-0.2, 0) is 0 Å². The summed E-state index contributed by atoms with van der Waals surface area (Å²) in [4.78, 5) is 12.7. The van der Waals surface area contributed by atoms with Gasteiger partial charge in [-0.15, -0.1) is 0 Å². The zero-order chi connectivity index (χ0) is 21.1. The van der Waals surface area contributed by atoms with Crippen LogP contribution >= 0.6 is 12.2 Å². The zero-order valence-corrected chi connectivity index (χ0v) is 18.2. The fourth-order valence-corrected chi connectivity index (χ4v) is 2.82. The van der Waals surface area contributed by atoms with Crippen molar-refractivity contribution in [3.8, 4) is 11.5 Å². The molecule has 2 aromatic carbocycles. The van der Waals surface area contributed by atoms with Gasteiger partial charge in [-0.3, -0.25) is 10.1 Å². The Hall–Kier alpha value is -2.60. The van der Waals surface area contributed by atoms with Crippen molar-refractivity contribution < 1.29 is 14.3 Å². The van der Waals surface area contributed by atoms with Crippen LogP contribution in [0.1, 0.15) is 56.8 Å². The van der Waals surface area contributed by atoms with Gasteiger partial charge in [-0.25, -0.2) is 0 Å². The normalized spacial score (nSPS) is 11.4. The van der Waals surface area contributed by atoms with Gasteiger partial charge in [-0.05, 0) is 56.2 Å². The molecule has 6 heteroatoms. The predicted molar refractivity (Wildman–Crippen MR) is 122 cm³/mol. The molecule has 1 amide bonds. The molecule has 0 radical (unpaired) electrons. The predicted octanol–water partition coefficient (Wildman–Crippen LogP) is 5.56. The zero-order valence-electron chi connectivity index (χ0n) is 17.4. The van der Waals surface area contributed by atoms with Gasteiger partial charge in [0.15, 0.2) is 5.11 Å². The maximum Gasteiger partial charge on any atom is 0.261 e. The highest BCUT2D eigenvalue weighted by molar-refractivity contribution is 7.80. The third kappa shape index (κ3) is 7.74. The van der Waals surface area contributed by atoms with Gasteiger partial charge in [0.1, 0.15) is 11.5 Å². The second-order valence-corrected chi connectivity index (χ2v) is 7.23. The topological polar surface area (TPSA) is 59.6 Å². The summed E-state index contributed by atoms with van der Waals surface area (Å²) >= 11 is 5.31. The van der Waals surface area contributed by atoms with Gasteiger partial charge in [0.25, 0.3) is 5.91 Å². The van der Waals surface area contributed by atoms with E-state index in [2.05, 4.69) is 24.5 Å². The minimum Gasteiger partial charge on any atom is -0.493 e. The van der Waals surface area contributed by atoms with E-state index in [1.54, 1.807) is 18.2 Å². The molecule has 0 aromatic heterocycles. The van der Waals surface area contributed by atoms with Crippen molar-refractivity contribution in [1.29, 1.82) is 0 Å². The molecule has 0 fully saturated rings. The molecular weight excluding hydrogens is 384 g/mol. The maximum atomic E-state index is 12.7. The molecule has 0 spiro atoms. The molecule has 1 unspecified atom stereocenters. The first-order valence-corrected chi connectivity index (χ1v) is 10.5. The number of amides is 1. The number of rotatable bonds is 10. The first-order valence-electron chi connectivity index (χ1n) is 10.1. The smallest absolute Gasteiger partial charge is 0.261 e. The molecule has 2 rings (SSSR count). The van der Waals surface area contributed by atoms with E-state index in [0.717, 1.165) is 37.1 Å². The standard InChI is InChI=1S/C23H30N2O3S/c1-4-6-9-15-27-21-14-8-7-13-20(21)22(26)25-23(29)24-18-11-10-12-19(16-18)28-17(3)5-2/h7-8,10-14,16-17H,4-6,9,15H2,1-3H3,(H2,24,25,26,29). The average Bonchev–Trinajstić information content (AvgIpc) is 2.71. The number of unbranched alkanes of at least 4 members (excludes halogenated alkanes) is 2. The third-order valence-corrected chi connectivity index (χ3v) is 4.57. The van der Waals surface area contributed by atoms with Crippen LogP contribution in [-0.4, -0.2) is 23.7 Å². The second kappa shape index (κ2) is 12.1. The highest BCUT2D eigenvalue weighted by Crippen LogP contribution is 2.20. The van der Waals surface area contributed by atoms with Gasteiger partial charge in [0.2, 0.25) is 0 Å². The van der Waals surface area contributed by atoms with Crippen LogP contribution in [0, 0.1) is 0 Å². The second-order valence-electron chi connectivity index (χ2n) is 6.82. The summed E-state index contributed by atoms with van der Waals surface area (Å²) in [6, 6.07) is 14.7. The van der Waals surface area contributed by atoms with Crippen molar-refractivity contribution in [2.45, 2.75) is 52.6 Å². The van der Waals surface area contributed by atoms with E-state index in [1.165, 1.54) is 0 Å². The largest absolute Gasteiger partial charge is 0.493 e. The van der Waals surface area contributed by atoms with Crippen LogP contribution in [0.25, 0.3) is 0 Å². The van der Waals surface area contributed by atoms with Gasteiger partial charge in [-0.2, -0.15) is 0 Å². The number of carbonyl (C=O) groups is 1. The van der Waals surface area contributed by atoms with Crippen LogP contribution in [0.4, 0.5) is 5.69 Å². The number of anilines is 1. The van der Waals surface area contributed by atoms with Crippen LogP contribution in [0.15, 0.2) is 48.5 Å². The van der Waals surface area contributed by atoms with E-state index in [1.807, 2.05) is 37.3 Å². The van der Waals surface area contributed by atoms with Crippen LogP contribution < -0.4 is 20.1 Å². The SMILES string of the molecule is CCCCCOc1ccccc1C(=O)NC(=S)Nc1cccc(OC(C)CC)c1. The van der Waals surface area contributed by atoms with Crippen molar-refractivity contribution in [1.82, 2.24) is 5.32 Å². The fraction of sp³-hybridized carbons (Fsp3) is 0.391. The molecule has 2 N–H and O–H groups in total. The molecule has 0 saturated carbocycles. The Morgan fingerprint density at radius 2 is 1.90 bits per heavy atom. The first kappa shape index (κ1) is 22.7. The Morgan fingerprint density at radius 3 is 2.66 bits per heavy atom. The van der Waals surface area contributed by atoms with E-state index in [4.69, 9.17) is 21.7 Å². The van der Waals surface area contributed by atoms with Crippen LogP contribution in [0.5, 0.6) is 11.5 Å². The minimum absolute atomic E-state index is 0.130. The first-order chi connectivity index (χ1) is 14.0. The fourth-order valence-electron chi connectivity index (χ4n) is 2.61. The summed E-state index contributed by atoms with van der Waals surface area (Å²) in [6.45, 7) is 6.82. The Labute approximate surface area is 178 Å². The van der Waals surface area contributed by atoms with Crippen LogP contribution in [0.3, 0.4) is 0 Å². The Bertz CT molecular complexity index is 810. The van der Waals surface area contributed by atoms with Gasteiger partial charge < -0.3 is 14.8 Å². The molecule has 0 aliphatic heterocycles. The summed E-state index contributed by atoms with van der Waals surface area (Å²) in [6.07, 6.45) is 4.23. The monoisotopic (exact) mass is 414 g/mol. The molecular formula is C23H30N2O3S. The third-order valence-electron chi connectivity index (χ3n) is 4.37. The molecule has 156 valence electrons. The summed E-state index contributed by atoms with van der Waals surface area (Å²) in [5.74, 6) is 1.01. The summed E-state index contributed by atoms with van der Waals surface area (Å²) < 4.78 is 11.6. The van der Waals surface area contributed by atoms with Gasteiger partial charge >= 0.3 is 0 Å². The van der Waals surface area contributed by atoms with Crippen molar-refractivity contribution >= 4 is 28.9 Å². The number of carbonyl (C=O) groups excluding carboxylic acids is 1. The van der Waals surface area contributed by atoms with E-state index in [9.17, 15) is 4.79 Å². The van der Waals surface area contributed by atoms with E-state index < -0.39 is 0 Å². The van der Waals surface area contributed by atoms with Crippen molar-refractivity contribution in [2.24, 2.45) is 0 Å². The molecule has 1 atom stereocenters. The number of para-hydroxylation sites is 1. The number of thiocarbonyl (C=S) groups is 1. The van der Waals surface area contributed by atoms with E-state index in [0.29, 0.717) is 17.9 Å². The van der Waals surface area contributed by atoms with Gasteiger partial charge in [0.05, 0.1) is 18.3 Å². The Balaban J connectivity index is 1.96. The van der Waals surface area contributed by atoms with E-state index >= 15 is 0 Å². The summed E-state index contributed by atoms with van der Waals surface area (Å²) in [7, 11) is 0. The van der Waals surface area contributed by atoms with Crippen molar-refractivity contribution in [2.75, 3.05) is 11.9 Å². The number of ether oxygens (including phenoxy) is 2. The summed E-state index contributed by atoms with van der Waals surface area (Å²) in [5, 5.41) is 5.97. The lowest BCUT2D eigenvalue weighted by atomic mass is 10.2. The minimum atomic E-state index is -0.305. The quantitative estimate of drug-likeness (QED) is 0.394. The summed E-state index contributed by atoms with van der Waals surface area (Å²) in [5.41, 5.74) is 1.21. The molecule has 2 aromatic rings. The molecule has 29 heavy (non-hydrogen) atoms. The van der Waals surface area contributed by atoms with Crippen LogP contribution in [0.2, 0.25) is 0 Å². The molecule has 5 nitrogen and oxygen atoms in total. The van der Waals surface area contributed by atoms with Gasteiger partial charge in [-0.1, -0.05) is 44.9 Å². The molecule has 0 aliphatic carbocycles. The Kier molecular flexibility index (Phi) is 9.44. The lowest BCUT2D eigenvalue weighted by molar-refractivity contribution is 0.0973. The van der Waals surface area contributed by atoms with Gasteiger partial charge in [0, 0.05) is 11.8 Å². The van der Waals surface area contributed by atoms with Crippen molar-refractivity contribution in [3.63, 3.8) is 0 Å². The highest BCUT2D eigenvalue weighted by Gasteiger charge is 2.14. The lowest BCUT2D eigenvalue weighted by Gasteiger charge is -2.15. The number of nitrogens with one attached hydrogen (secondary N) is 2. The highest BCUT2D eigenvalue weighted by atomic mass is 32.1. The lowest BCUT2D eigenvalue weighted by Crippen LogP contribution is -2.34. The molecule has 0 bridgehead atoms. The van der Waals surface area contributed by atoms with Crippen molar-refractivity contribution in [3.05, 3.63) is 54.1 Å². The molecule has 0 saturated heterocycles. The van der Waals surface area contributed by atoms with E-state index in [-0.39, 0.29) is 17.1 Å². The average molecular weight is 415 g/mol. The molecule has 0 heterocycles.